The number of benzene rings is 3. The second-order valence-corrected chi connectivity index (χ2v) is 10.1. The van der Waals surface area contributed by atoms with Gasteiger partial charge in [-0.15, -0.1) is 0 Å². The molecule has 1 fully saturated rings. The smallest absolute Gasteiger partial charge is 0.264 e. The van der Waals surface area contributed by atoms with Gasteiger partial charge in [0, 0.05) is 12.2 Å². The maximum atomic E-state index is 13.7. The summed E-state index contributed by atoms with van der Waals surface area (Å²) >= 11 is 1.29. The van der Waals surface area contributed by atoms with Crippen LogP contribution in [0.1, 0.15) is 34.7 Å². The Morgan fingerprint density at radius 2 is 1.67 bits per heavy atom. The zero-order chi connectivity index (χ0) is 25.7. The number of hydrogen-bond donors (Lipinski definition) is 1. The Bertz CT molecular complexity index is 1340. The van der Waals surface area contributed by atoms with E-state index in [1.54, 1.807) is 4.90 Å². The van der Waals surface area contributed by atoms with Crippen molar-refractivity contribution in [2.75, 3.05) is 4.90 Å². The van der Waals surface area contributed by atoms with Crippen molar-refractivity contribution in [1.82, 2.24) is 5.32 Å². The highest BCUT2D eigenvalue weighted by Gasteiger charge is 2.40. The molecule has 1 unspecified atom stereocenters. The molecule has 0 aromatic heterocycles. The van der Waals surface area contributed by atoms with Gasteiger partial charge in [-0.2, -0.15) is 5.26 Å². The van der Waals surface area contributed by atoms with E-state index in [0.29, 0.717) is 23.7 Å². The Labute approximate surface area is 216 Å². The van der Waals surface area contributed by atoms with E-state index in [4.69, 9.17) is 0 Å². The number of carbonyl (C=O) groups is 2. The summed E-state index contributed by atoms with van der Waals surface area (Å²) in [6.07, 6.45) is 1.47. The first kappa shape index (κ1) is 25.3. The Balaban J connectivity index is 1.68. The van der Waals surface area contributed by atoms with Crippen LogP contribution >= 0.6 is 11.8 Å². The van der Waals surface area contributed by atoms with Crippen LogP contribution in [0.3, 0.4) is 0 Å². The summed E-state index contributed by atoms with van der Waals surface area (Å²) in [6.45, 7) is 6.40. The molecule has 1 heterocycles. The summed E-state index contributed by atoms with van der Waals surface area (Å²) in [5.41, 5.74) is 5.98. The summed E-state index contributed by atoms with van der Waals surface area (Å²) in [5.74, 6) is -0.611. The van der Waals surface area contributed by atoms with Gasteiger partial charge in [-0.3, -0.25) is 14.5 Å². The molecule has 1 aliphatic rings. The Hall–Kier alpha value is -3.82. The van der Waals surface area contributed by atoms with E-state index in [1.807, 2.05) is 74.5 Å². The molecular weight excluding hydrogens is 466 g/mol. The van der Waals surface area contributed by atoms with E-state index < -0.39 is 11.2 Å². The van der Waals surface area contributed by atoms with Crippen molar-refractivity contribution in [2.45, 2.75) is 45.4 Å². The van der Waals surface area contributed by atoms with Gasteiger partial charge in [0.1, 0.15) is 16.7 Å². The van der Waals surface area contributed by atoms with Crippen LogP contribution in [0.4, 0.5) is 5.69 Å². The van der Waals surface area contributed by atoms with Crippen LogP contribution in [-0.4, -0.2) is 17.1 Å². The number of nitrogens with one attached hydrogen (secondary N) is 1. The fraction of sp³-hybridized carbons (Fsp3) is 0.233. The van der Waals surface area contributed by atoms with Crippen molar-refractivity contribution in [2.24, 2.45) is 0 Å². The van der Waals surface area contributed by atoms with Gasteiger partial charge in [-0.1, -0.05) is 79.3 Å². The first-order chi connectivity index (χ1) is 17.4. The number of anilines is 1. The standard InChI is InChI=1S/C30H29N3O2S/c1-4-22-11-13-23(14-12-22)17-27-29(35)33(25-15-10-20(2)21(3)16-25)30(36-27)26(18-31)28(34)32-19-24-8-6-5-7-9-24/h5-16,27H,4,17,19H2,1-3H3,(H,32,34)/b30-26-. The van der Waals surface area contributed by atoms with Gasteiger partial charge in [-0.05, 0) is 66.6 Å². The number of hydrogen-bond acceptors (Lipinski definition) is 4. The molecule has 6 heteroatoms. The molecular formula is C30H29N3O2S. The summed E-state index contributed by atoms with van der Waals surface area (Å²) in [7, 11) is 0. The van der Waals surface area contributed by atoms with Gasteiger partial charge in [-0.25, -0.2) is 0 Å². The van der Waals surface area contributed by atoms with E-state index in [0.717, 1.165) is 28.7 Å². The molecule has 0 saturated carbocycles. The Morgan fingerprint density at radius 3 is 2.31 bits per heavy atom. The lowest BCUT2D eigenvalue weighted by Gasteiger charge is -2.20. The molecule has 0 spiro atoms. The third-order valence-corrected chi connectivity index (χ3v) is 7.67. The molecule has 5 nitrogen and oxygen atoms in total. The summed E-state index contributed by atoms with van der Waals surface area (Å²) in [4.78, 5) is 28.4. The Kier molecular flexibility index (Phi) is 7.92. The van der Waals surface area contributed by atoms with Gasteiger partial charge in [0.25, 0.3) is 5.91 Å². The third-order valence-electron chi connectivity index (χ3n) is 6.40. The van der Waals surface area contributed by atoms with E-state index >= 15 is 0 Å². The SMILES string of the molecule is CCc1ccc(CC2S/C(=C(/C#N)C(=O)NCc3ccccc3)N(c3ccc(C)c(C)c3)C2=O)cc1. The maximum Gasteiger partial charge on any atom is 0.264 e. The number of nitriles is 1. The molecule has 0 radical (unpaired) electrons. The molecule has 2 amide bonds. The quantitative estimate of drug-likeness (QED) is 0.342. The largest absolute Gasteiger partial charge is 0.347 e. The molecule has 3 aromatic carbocycles. The predicted octanol–water partition coefficient (Wildman–Crippen LogP) is 5.61. The van der Waals surface area contributed by atoms with E-state index in [-0.39, 0.29) is 11.5 Å². The van der Waals surface area contributed by atoms with Gasteiger partial charge in [0.15, 0.2) is 0 Å². The molecule has 3 aromatic rings. The van der Waals surface area contributed by atoms with Crippen LogP contribution in [0.25, 0.3) is 0 Å². The molecule has 182 valence electrons. The summed E-state index contributed by atoms with van der Waals surface area (Å²) in [5, 5.41) is 12.8. The minimum Gasteiger partial charge on any atom is -0.347 e. The van der Waals surface area contributed by atoms with E-state index in [1.165, 1.54) is 17.3 Å². The normalized spacial score (nSPS) is 16.6. The minimum absolute atomic E-state index is 0.0497. The highest BCUT2D eigenvalue weighted by Crippen LogP contribution is 2.42. The molecule has 1 aliphatic heterocycles. The van der Waals surface area contributed by atoms with Crippen molar-refractivity contribution in [3.05, 3.63) is 111 Å². The van der Waals surface area contributed by atoms with Crippen molar-refractivity contribution >= 4 is 29.3 Å². The molecule has 1 N–H and O–H groups in total. The fourth-order valence-electron chi connectivity index (χ4n) is 4.08. The number of carbonyl (C=O) groups excluding carboxylic acids is 2. The first-order valence-corrected chi connectivity index (χ1v) is 12.9. The lowest BCUT2D eigenvalue weighted by molar-refractivity contribution is -0.117. The fourth-order valence-corrected chi connectivity index (χ4v) is 5.39. The summed E-state index contributed by atoms with van der Waals surface area (Å²) in [6, 6.07) is 25.6. The average molecular weight is 496 g/mol. The minimum atomic E-state index is -0.488. The lowest BCUT2D eigenvalue weighted by atomic mass is 10.0. The van der Waals surface area contributed by atoms with Gasteiger partial charge in [0.2, 0.25) is 5.91 Å². The molecule has 4 rings (SSSR count). The van der Waals surface area contributed by atoms with Gasteiger partial charge < -0.3 is 5.32 Å². The summed E-state index contributed by atoms with van der Waals surface area (Å²) < 4.78 is 0. The monoisotopic (exact) mass is 495 g/mol. The van der Waals surface area contributed by atoms with Crippen LogP contribution in [0.15, 0.2) is 83.4 Å². The van der Waals surface area contributed by atoms with E-state index in [9.17, 15) is 14.9 Å². The number of aryl methyl sites for hydroxylation is 3. The second kappa shape index (κ2) is 11.3. The molecule has 0 aliphatic carbocycles. The Morgan fingerprint density at radius 1 is 0.972 bits per heavy atom. The highest BCUT2D eigenvalue weighted by atomic mass is 32.2. The number of rotatable bonds is 7. The van der Waals surface area contributed by atoms with Crippen molar-refractivity contribution in [3.63, 3.8) is 0 Å². The van der Waals surface area contributed by atoms with Crippen LogP contribution in [0.2, 0.25) is 0 Å². The molecule has 0 bridgehead atoms. The maximum absolute atomic E-state index is 13.7. The van der Waals surface area contributed by atoms with Crippen LogP contribution in [0.5, 0.6) is 0 Å². The third kappa shape index (κ3) is 5.53. The van der Waals surface area contributed by atoms with Gasteiger partial charge >= 0.3 is 0 Å². The number of thioether (sulfide) groups is 1. The zero-order valence-corrected chi connectivity index (χ0v) is 21.6. The topological polar surface area (TPSA) is 73.2 Å². The zero-order valence-electron chi connectivity index (χ0n) is 20.7. The average Bonchev–Trinajstić information content (AvgIpc) is 3.21. The first-order valence-electron chi connectivity index (χ1n) is 12.0. The van der Waals surface area contributed by atoms with Gasteiger partial charge in [0.05, 0.1) is 5.25 Å². The van der Waals surface area contributed by atoms with E-state index in [2.05, 4.69) is 30.4 Å². The van der Waals surface area contributed by atoms with Crippen molar-refractivity contribution in [3.8, 4) is 6.07 Å². The van der Waals surface area contributed by atoms with Crippen molar-refractivity contribution < 1.29 is 9.59 Å². The number of nitrogens with zero attached hydrogens (tertiary/aromatic N) is 2. The number of amides is 2. The molecule has 1 atom stereocenters. The molecule has 1 saturated heterocycles. The van der Waals surface area contributed by atoms with Crippen LogP contribution in [0, 0.1) is 25.2 Å². The highest BCUT2D eigenvalue weighted by molar-refractivity contribution is 8.05. The second-order valence-electron chi connectivity index (χ2n) is 8.88. The lowest BCUT2D eigenvalue weighted by Crippen LogP contribution is -2.32. The predicted molar refractivity (Wildman–Crippen MR) is 145 cm³/mol. The molecule has 36 heavy (non-hydrogen) atoms. The van der Waals surface area contributed by atoms with Crippen LogP contribution < -0.4 is 10.2 Å². The van der Waals surface area contributed by atoms with Crippen molar-refractivity contribution in [1.29, 1.82) is 5.26 Å². The van der Waals surface area contributed by atoms with Crippen LogP contribution in [-0.2, 0) is 29.0 Å².